The zero-order chi connectivity index (χ0) is 16.7. The maximum Gasteiger partial charge on any atom is 0.252 e. The lowest BCUT2D eigenvalue weighted by Crippen LogP contribution is -2.10. The van der Waals surface area contributed by atoms with Crippen LogP contribution in [0.2, 0.25) is 5.02 Å². The molecule has 0 saturated carbocycles. The van der Waals surface area contributed by atoms with Gasteiger partial charge in [0, 0.05) is 11.2 Å². The van der Waals surface area contributed by atoms with Crippen molar-refractivity contribution in [3.8, 4) is 5.95 Å². The van der Waals surface area contributed by atoms with Crippen molar-refractivity contribution in [3.05, 3.63) is 64.7 Å². The first-order chi connectivity index (χ1) is 11.6. The summed E-state index contributed by atoms with van der Waals surface area (Å²) in [6, 6.07) is 11.6. The molecule has 0 aliphatic rings. The number of fused-ring (bicyclic) bond motifs is 1. The molecule has 0 amide bonds. The number of nitrogens with zero attached hydrogens (tertiary/aromatic N) is 6. The fourth-order valence-electron chi connectivity index (χ4n) is 2.73. The summed E-state index contributed by atoms with van der Waals surface area (Å²) >= 11 is 5.97. The van der Waals surface area contributed by atoms with E-state index in [1.807, 2.05) is 54.8 Å². The SMILES string of the molecule is Cc1nn(-c2nnc(C)n2Cc2ccc(Cl)cc2)c2cccnc12. The third kappa shape index (κ3) is 2.45. The van der Waals surface area contributed by atoms with Crippen molar-refractivity contribution in [1.29, 1.82) is 0 Å². The molecule has 1 aromatic carbocycles. The molecule has 0 spiro atoms. The minimum absolute atomic E-state index is 0.645. The van der Waals surface area contributed by atoms with Crippen LogP contribution in [0.5, 0.6) is 0 Å². The summed E-state index contributed by atoms with van der Waals surface area (Å²) in [7, 11) is 0. The molecular weight excluding hydrogens is 324 g/mol. The van der Waals surface area contributed by atoms with Crippen molar-refractivity contribution >= 4 is 22.6 Å². The van der Waals surface area contributed by atoms with Crippen molar-refractivity contribution in [2.75, 3.05) is 0 Å². The third-order valence-corrected chi connectivity index (χ3v) is 4.22. The molecule has 0 radical (unpaired) electrons. The third-order valence-electron chi connectivity index (χ3n) is 3.97. The summed E-state index contributed by atoms with van der Waals surface area (Å²) in [5, 5.41) is 13.9. The number of halogens is 1. The lowest BCUT2D eigenvalue weighted by Gasteiger charge is -2.09. The quantitative estimate of drug-likeness (QED) is 0.575. The monoisotopic (exact) mass is 338 g/mol. The number of benzene rings is 1. The largest absolute Gasteiger partial charge is 0.291 e. The first kappa shape index (κ1) is 14.8. The Morgan fingerprint density at radius 1 is 1.04 bits per heavy atom. The number of hydrogen-bond acceptors (Lipinski definition) is 4. The molecule has 0 saturated heterocycles. The minimum atomic E-state index is 0.645. The van der Waals surface area contributed by atoms with Crippen molar-refractivity contribution in [1.82, 2.24) is 29.5 Å². The van der Waals surface area contributed by atoms with Crippen LogP contribution in [0.25, 0.3) is 17.0 Å². The molecule has 3 aromatic heterocycles. The Morgan fingerprint density at radius 3 is 2.62 bits per heavy atom. The predicted molar refractivity (Wildman–Crippen MR) is 92.5 cm³/mol. The standard InChI is InChI=1S/C17H15ClN6/c1-11-16-15(4-3-9-19-16)24(22-11)17-21-20-12(2)23(17)10-13-5-7-14(18)8-6-13/h3-9H,10H2,1-2H3. The van der Waals surface area contributed by atoms with E-state index in [9.17, 15) is 0 Å². The Morgan fingerprint density at radius 2 is 1.83 bits per heavy atom. The molecule has 4 aromatic rings. The zero-order valence-electron chi connectivity index (χ0n) is 13.3. The maximum atomic E-state index is 5.97. The van der Waals surface area contributed by atoms with Crippen LogP contribution < -0.4 is 0 Å². The first-order valence-electron chi connectivity index (χ1n) is 7.58. The molecule has 0 aliphatic heterocycles. The highest BCUT2D eigenvalue weighted by Crippen LogP contribution is 2.20. The van der Waals surface area contributed by atoms with Gasteiger partial charge in [-0.3, -0.25) is 9.55 Å². The van der Waals surface area contributed by atoms with E-state index in [-0.39, 0.29) is 0 Å². The fourth-order valence-corrected chi connectivity index (χ4v) is 2.86. The van der Waals surface area contributed by atoms with Gasteiger partial charge in [-0.15, -0.1) is 10.2 Å². The van der Waals surface area contributed by atoms with Crippen LogP contribution in [0, 0.1) is 13.8 Å². The van der Waals surface area contributed by atoms with Gasteiger partial charge in [0.2, 0.25) is 0 Å². The molecule has 4 rings (SSSR count). The first-order valence-corrected chi connectivity index (χ1v) is 7.96. The van der Waals surface area contributed by atoms with Gasteiger partial charge in [-0.05, 0) is 43.7 Å². The van der Waals surface area contributed by atoms with Gasteiger partial charge in [0.1, 0.15) is 11.3 Å². The lowest BCUT2D eigenvalue weighted by molar-refractivity contribution is 0.698. The highest BCUT2D eigenvalue weighted by atomic mass is 35.5. The molecular formula is C17H15ClN6. The molecule has 0 unspecified atom stereocenters. The molecule has 120 valence electrons. The van der Waals surface area contributed by atoms with E-state index >= 15 is 0 Å². The highest BCUT2D eigenvalue weighted by Gasteiger charge is 2.16. The van der Waals surface area contributed by atoms with Gasteiger partial charge in [-0.25, -0.2) is 0 Å². The molecule has 24 heavy (non-hydrogen) atoms. The van der Waals surface area contributed by atoms with Crippen molar-refractivity contribution in [2.45, 2.75) is 20.4 Å². The van der Waals surface area contributed by atoms with E-state index in [1.165, 1.54) is 0 Å². The molecule has 0 atom stereocenters. The second-order valence-corrected chi connectivity index (χ2v) is 6.06. The van der Waals surface area contributed by atoms with Gasteiger partial charge in [0.15, 0.2) is 0 Å². The average Bonchev–Trinajstić information content (AvgIpc) is 3.11. The Hall–Kier alpha value is -2.73. The fraction of sp³-hybridized carbons (Fsp3) is 0.176. The molecule has 0 bridgehead atoms. The number of pyridine rings is 1. The van der Waals surface area contributed by atoms with Crippen LogP contribution >= 0.6 is 11.6 Å². The molecule has 0 aliphatic carbocycles. The number of rotatable bonds is 3. The summed E-state index contributed by atoms with van der Waals surface area (Å²) in [5.41, 5.74) is 3.77. The van der Waals surface area contributed by atoms with E-state index in [0.29, 0.717) is 12.5 Å². The van der Waals surface area contributed by atoms with Crippen LogP contribution in [0.3, 0.4) is 0 Å². The summed E-state index contributed by atoms with van der Waals surface area (Å²) in [6.07, 6.45) is 1.77. The predicted octanol–water partition coefficient (Wildman–Crippen LogP) is 3.33. The van der Waals surface area contributed by atoms with E-state index < -0.39 is 0 Å². The van der Waals surface area contributed by atoms with E-state index in [1.54, 1.807) is 10.9 Å². The Bertz CT molecular complexity index is 1020. The van der Waals surface area contributed by atoms with Crippen molar-refractivity contribution < 1.29 is 0 Å². The second-order valence-electron chi connectivity index (χ2n) is 5.63. The zero-order valence-corrected chi connectivity index (χ0v) is 14.1. The van der Waals surface area contributed by atoms with Crippen molar-refractivity contribution in [2.24, 2.45) is 0 Å². The summed E-state index contributed by atoms with van der Waals surface area (Å²) in [5.74, 6) is 1.50. The number of hydrogen-bond donors (Lipinski definition) is 0. The molecule has 0 fully saturated rings. The highest BCUT2D eigenvalue weighted by molar-refractivity contribution is 6.30. The van der Waals surface area contributed by atoms with E-state index in [2.05, 4.69) is 20.3 Å². The topological polar surface area (TPSA) is 61.4 Å². The lowest BCUT2D eigenvalue weighted by atomic mass is 10.2. The normalized spacial score (nSPS) is 11.3. The van der Waals surface area contributed by atoms with Crippen LogP contribution in [-0.2, 0) is 6.54 Å². The van der Waals surface area contributed by atoms with Gasteiger partial charge < -0.3 is 0 Å². The van der Waals surface area contributed by atoms with Gasteiger partial charge in [0.05, 0.1) is 17.8 Å². The van der Waals surface area contributed by atoms with Crippen LogP contribution in [0.15, 0.2) is 42.6 Å². The van der Waals surface area contributed by atoms with Gasteiger partial charge in [0.25, 0.3) is 5.95 Å². The van der Waals surface area contributed by atoms with Gasteiger partial charge in [-0.2, -0.15) is 9.78 Å². The minimum Gasteiger partial charge on any atom is -0.291 e. The van der Waals surface area contributed by atoms with Gasteiger partial charge >= 0.3 is 0 Å². The Balaban J connectivity index is 1.83. The summed E-state index contributed by atoms with van der Waals surface area (Å²) in [6.45, 7) is 4.52. The molecule has 6 nitrogen and oxygen atoms in total. The summed E-state index contributed by atoms with van der Waals surface area (Å²) in [4.78, 5) is 4.40. The Labute approximate surface area is 143 Å². The van der Waals surface area contributed by atoms with Crippen molar-refractivity contribution in [3.63, 3.8) is 0 Å². The summed E-state index contributed by atoms with van der Waals surface area (Å²) < 4.78 is 3.83. The van der Waals surface area contributed by atoms with E-state index in [0.717, 1.165) is 33.1 Å². The second kappa shape index (κ2) is 5.72. The van der Waals surface area contributed by atoms with Gasteiger partial charge in [-0.1, -0.05) is 23.7 Å². The maximum absolute atomic E-state index is 5.97. The smallest absolute Gasteiger partial charge is 0.252 e. The molecule has 3 heterocycles. The van der Waals surface area contributed by atoms with Crippen LogP contribution in [0.1, 0.15) is 17.1 Å². The molecule has 7 heteroatoms. The average molecular weight is 339 g/mol. The number of aromatic nitrogens is 6. The number of aryl methyl sites for hydroxylation is 2. The molecule has 0 N–H and O–H groups in total. The van der Waals surface area contributed by atoms with Crippen LogP contribution in [-0.4, -0.2) is 29.5 Å². The van der Waals surface area contributed by atoms with E-state index in [4.69, 9.17) is 11.6 Å². The Kier molecular flexibility index (Phi) is 3.54. The van der Waals surface area contributed by atoms with Crippen LogP contribution in [0.4, 0.5) is 0 Å².